The molecule has 5 heteroatoms. The zero-order valence-electron chi connectivity index (χ0n) is 14.2. The van der Waals surface area contributed by atoms with Gasteiger partial charge in [0.25, 0.3) is 5.91 Å². The lowest BCUT2D eigenvalue weighted by Crippen LogP contribution is -2.27. The highest BCUT2D eigenvalue weighted by Gasteiger charge is 2.24. The molecule has 1 saturated carbocycles. The fourth-order valence-corrected chi connectivity index (χ4v) is 3.40. The number of carbonyl (C=O) groups excluding carboxylic acids is 2. The molecule has 1 aliphatic carbocycles. The SMILES string of the molecule is Cc1ccccc1CSCC(=O)Nc1ccccc1C(=O)NC1CC1. The highest BCUT2D eigenvalue weighted by atomic mass is 32.2. The van der Waals surface area contributed by atoms with Crippen molar-refractivity contribution in [2.24, 2.45) is 0 Å². The number of nitrogens with one attached hydrogen (secondary N) is 2. The van der Waals surface area contributed by atoms with Crippen LogP contribution in [0, 0.1) is 6.92 Å². The fraction of sp³-hybridized carbons (Fsp3) is 0.300. The molecule has 2 amide bonds. The predicted molar refractivity (Wildman–Crippen MR) is 103 cm³/mol. The number of anilines is 1. The maximum atomic E-state index is 12.3. The quantitative estimate of drug-likeness (QED) is 0.796. The summed E-state index contributed by atoms with van der Waals surface area (Å²) >= 11 is 1.57. The van der Waals surface area contributed by atoms with Gasteiger partial charge in [0.2, 0.25) is 5.91 Å². The minimum absolute atomic E-state index is 0.0924. The summed E-state index contributed by atoms with van der Waals surface area (Å²) in [5, 5.41) is 5.82. The molecule has 0 spiro atoms. The van der Waals surface area contributed by atoms with Crippen LogP contribution in [-0.2, 0) is 10.5 Å². The average Bonchev–Trinajstić information content (AvgIpc) is 3.41. The molecule has 0 heterocycles. The largest absolute Gasteiger partial charge is 0.349 e. The highest BCUT2D eigenvalue weighted by Crippen LogP contribution is 2.22. The third-order valence-corrected chi connectivity index (χ3v) is 5.09. The van der Waals surface area contributed by atoms with E-state index in [0.717, 1.165) is 18.6 Å². The first-order valence-electron chi connectivity index (χ1n) is 8.45. The third-order valence-electron chi connectivity index (χ3n) is 4.11. The van der Waals surface area contributed by atoms with Crippen LogP contribution in [0.3, 0.4) is 0 Å². The van der Waals surface area contributed by atoms with Crippen LogP contribution in [0.15, 0.2) is 48.5 Å². The summed E-state index contributed by atoms with van der Waals surface area (Å²) in [6, 6.07) is 15.6. The van der Waals surface area contributed by atoms with Crippen molar-refractivity contribution in [3.63, 3.8) is 0 Å². The van der Waals surface area contributed by atoms with Crippen molar-refractivity contribution in [2.75, 3.05) is 11.1 Å². The smallest absolute Gasteiger partial charge is 0.253 e. The number of hydrogen-bond donors (Lipinski definition) is 2. The van der Waals surface area contributed by atoms with Gasteiger partial charge in [-0.05, 0) is 43.0 Å². The number of rotatable bonds is 7. The second-order valence-corrected chi connectivity index (χ2v) is 7.25. The number of hydrogen-bond acceptors (Lipinski definition) is 3. The zero-order valence-corrected chi connectivity index (χ0v) is 15.1. The summed E-state index contributed by atoms with van der Waals surface area (Å²) in [5.74, 6) is 0.938. The molecule has 1 aliphatic rings. The Morgan fingerprint density at radius 2 is 1.80 bits per heavy atom. The molecule has 0 aliphatic heterocycles. The molecule has 130 valence electrons. The minimum atomic E-state index is -0.119. The molecule has 0 radical (unpaired) electrons. The molecule has 0 bridgehead atoms. The number of aryl methyl sites for hydroxylation is 1. The van der Waals surface area contributed by atoms with Gasteiger partial charge in [-0.3, -0.25) is 9.59 Å². The Labute approximate surface area is 152 Å². The number of amides is 2. The van der Waals surface area contributed by atoms with E-state index in [2.05, 4.69) is 29.7 Å². The van der Waals surface area contributed by atoms with Gasteiger partial charge in [0, 0.05) is 11.8 Å². The van der Waals surface area contributed by atoms with Crippen molar-refractivity contribution in [1.82, 2.24) is 5.32 Å². The van der Waals surface area contributed by atoms with E-state index in [1.807, 2.05) is 24.3 Å². The van der Waals surface area contributed by atoms with Gasteiger partial charge in [0.15, 0.2) is 0 Å². The fourth-order valence-electron chi connectivity index (χ4n) is 2.49. The lowest BCUT2D eigenvalue weighted by Gasteiger charge is -2.11. The van der Waals surface area contributed by atoms with E-state index in [0.29, 0.717) is 23.0 Å². The van der Waals surface area contributed by atoms with Gasteiger partial charge in [-0.2, -0.15) is 0 Å². The maximum absolute atomic E-state index is 12.3. The maximum Gasteiger partial charge on any atom is 0.253 e. The van der Waals surface area contributed by atoms with Crippen LogP contribution in [-0.4, -0.2) is 23.6 Å². The third kappa shape index (κ3) is 5.10. The van der Waals surface area contributed by atoms with E-state index >= 15 is 0 Å². The molecular formula is C20H22N2O2S. The Kier molecular flexibility index (Phi) is 5.76. The molecule has 1 fully saturated rings. The summed E-state index contributed by atoms with van der Waals surface area (Å²) in [4.78, 5) is 24.5. The monoisotopic (exact) mass is 354 g/mol. The van der Waals surface area contributed by atoms with Gasteiger partial charge in [0.1, 0.15) is 0 Å². The second kappa shape index (κ2) is 8.21. The van der Waals surface area contributed by atoms with Crippen molar-refractivity contribution in [3.05, 3.63) is 65.2 Å². The zero-order chi connectivity index (χ0) is 17.6. The number of benzene rings is 2. The molecule has 0 aromatic heterocycles. The standard InChI is InChI=1S/C20H22N2O2S/c1-14-6-2-3-7-15(14)12-25-13-19(23)22-18-9-5-4-8-17(18)20(24)21-16-10-11-16/h2-9,16H,10-13H2,1H3,(H,21,24)(H,22,23). The molecule has 4 nitrogen and oxygen atoms in total. The van der Waals surface area contributed by atoms with Crippen LogP contribution in [0.5, 0.6) is 0 Å². The van der Waals surface area contributed by atoms with Gasteiger partial charge >= 0.3 is 0 Å². The Hall–Kier alpha value is -2.27. The Balaban J connectivity index is 1.54. The lowest BCUT2D eigenvalue weighted by molar-refractivity contribution is -0.113. The Morgan fingerprint density at radius 3 is 2.56 bits per heavy atom. The van der Waals surface area contributed by atoms with Crippen LogP contribution >= 0.6 is 11.8 Å². The van der Waals surface area contributed by atoms with Crippen LogP contribution in [0.2, 0.25) is 0 Å². The molecule has 0 atom stereocenters. The average molecular weight is 354 g/mol. The first kappa shape index (κ1) is 17.5. The van der Waals surface area contributed by atoms with Crippen molar-refractivity contribution >= 4 is 29.3 Å². The molecule has 3 rings (SSSR count). The summed E-state index contributed by atoms with van der Waals surface area (Å²) < 4.78 is 0. The van der Waals surface area contributed by atoms with Crippen LogP contribution in [0.25, 0.3) is 0 Å². The summed E-state index contributed by atoms with van der Waals surface area (Å²) in [5.41, 5.74) is 3.57. The Morgan fingerprint density at radius 1 is 1.08 bits per heavy atom. The van der Waals surface area contributed by atoms with Crippen molar-refractivity contribution in [3.8, 4) is 0 Å². The van der Waals surface area contributed by atoms with Crippen molar-refractivity contribution in [1.29, 1.82) is 0 Å². The van der Waals surface area contributed by atoms with Crippen molar-refractivity contribution < 1.29 is 9.59 Å². The molecule has 2 aromatic carbocycles. The van der Waals surface area contributed by atoms with Crippen LogP contribution in [0.1, 0.15) is 34.3 Å². The number of carbonyl (C=O) groups is 2. The molecule has 2 N–H and O–H groups in total. The van der Waals surface area contributed by atoms with Gasteiger partial charge in [-0.15, -0.1) is 11.8 Å². The number of thioether (sulfide) groups is 1. The van der Waals surface area contributed by atoms with Crippen molar-refractivity contribution in [2.45, 2.75) is 31.6 Å². The molecule has 0 saturated heterocycles. The van der Waals surface area contributed by atoms with Gasteiger partial charge in [-0.25, -0.2) is 0 Å². The van der Waals surface area contributed by atoms with Crippen LogP contribution in [0.4, 0.5) is 5.69 Å². The second-order valence-electron chi connectivity index (χ2n) is 6.26. The van der Waals surface area contributed by atoms with E-state index < -0.39 is 0 Å². The summed E-state index contributed by atoms with van der Waals surface area (Å²) in [6.07, 6.45) is 2.08. The summed E-state index contributed by atoms with van der Waals surface area (Å²) in [7, 11) is 0. The van der Waals surface area contributed by atoms with E-state index in [1.165, 1.54) is 11.1 Å². The first-order valence-corrected chi connectivity index (χ1v) is 9.61. The lowest BCUT2D eigenvalue weighted by atomic mass is 10.1. The van der Waals surface area contributed by atoms with Crippen LogP contribution < -0.4 is 10.6 Å². The van der Waals surface area contributed by atoms with Gasteiger partial charge in [0.05, 0.1) is 17.0 Å². The van der Waals surface area contributed by atoms with Gasteiger partial charge < -0.3 is 10.6 Å². The molecule has 0 unspecified atom stereocenters. The number of para-hydroxylation sites is 1. The topological polar surface area (TPSA) is 58.2 Å². The molecule has 2 aromatic rings. The molecular weight excluding hydrogens is 332 g/mol. The van der Waals surface area contributed by atoms with Gasteiger partial charge in [-0.1, -0.05) is 36.4 Å². The van der Waals surface area contributed by atoms with E-state index in [-0.39, 0.29) is 11.8 Å². The van der Waals surface area contributed by atoms with E-state index in [1.54, 1.807) is 23.9 Å². The van der Waals surface area contributed by atoms with E-state index in [4.69, 9.17) is 0 Å². The normalized spacial score (nSPS) is 13.3. The highest BCUT2D eigenvalue weighted by molar-refractivity contribution is 7.99. The minimum Gasteiger partial charge on any atom is -0.349 e. The first-order chi connectivity index (χ1) is 12.1. The Bertz CT molecular complexity index is 772. The summed E-state index contributed by atoms with van der Waals surface area (Å²) in [6.45, 7) is 2.07. The predicted octanol–water partition coefficient (Wildman–Crippen LogP) is 3.76. The van der Waals surface area contributed by atoms with E-state index in [9.17, 15) is 9.59 Å². The molecule has 25 heavy (non-hydrogen) atoms.